The van der Waals surface area contributed by atoms with Gasteiger partial charge >= 0.3 is 0 Å². The third-order valence-corrected chi connectivity index (χ3v) is 3.61. The molecule has 1 aliphatic heterocycles. The molecule has 0 saturated carbocycles. The first-order chi connectivity index (χ1) is 6.48. The van der Waals surface area contributed by atoms with Crippen LogP contribution in [0, 0.1) is 12.7 Å². The van der Waals surface area contributed by atoms with Crippen molar-refractivity contribution in [2.45, 2.75) is 30.4 Å². The summed E-state index contributed by atoms with van der Waals surface area (Å²) in [5.41, 5.74) is 1.65. The number of fused-ring (bicyclic) bond motifs is 1. The molecule has 0 aromatic heterocycles. The Morgan fingerprint density at radius 2 is 2.14 bits per heavy atom. The van der Waals surface area contributed by atoms with Crippen LogP contribution in [0.2, 0.25) is 0 Å². The molecule has 0 saturated heterocycles. The van der Waals surface area contributed by atoms with Crippen LogP contribution >= 0.6 is 11.8 Å². The van der Waals surface area contributed by atoms with Crippen LogP contribution in [0.15, 0.2) is 17.0 Å². The summed E-state index contributed by atoms with van der Waals surface area (Å²) < 4.78 is 13.4. The fourth-order valence-electron chi connectivity index (χ4n) is 1.52. The van der Waals surface area contributed by atoms with Crippen molar-refractivity contribution in [2.24, 2.45) is 0 Å². The highest BCUT2D eigenvalue weighted by Crippen LogP contribution is 2.42. The molecule has 0 radical (unpaired) electrons. The number of halogens is 1. The zero-order valence-electron chi connectivity index (χ0n) is 8.65. The Bertz CT molecular complexity index is 374. The average molecular weight is 211 g/mol. The van der Waals surface area contributed by atoms with Gasteiger partial charge in [-0.05, 0) is 38.5 Å². The molecule has 3 heteroatoms. The van der Waals surface area contributed by atoms with Crippen LogP contribution < -0.4 is 5.32 Å². The number of rotatable bonds is 0. The first kappa shape index (κ1) is 9.84. The summed E-state index contributed by atoms with van der Waals surface area (Å²) in [5.74, 6) is -0.128. The van der Waals surface area contributed by atoms with E-state index in [4.69, 9.17) is 0 Å². The van der Waals surface area contributed by atoms with Crippen LogP contribution in [0.25, 0.3) is 0 Å². The Hall–Kier alpha value is -0.700. The van der Waals surface area contributed by atoms with E-state index in [0.29, 0.717) is 0 Å². The molecule has 1 nitrogen and oxygen atoms in total. The molecule has 0 atom stereocenters. The number of hydrogen-bond acceptors (Lipinski definition) is 2. The van der Waals surface area contributed by atoms with Crippen LogP contribution in [-0.2, 0) is 0 Å². The lowest BCUT2D eigenvalue weighted by Crippen LogP contribution is -2.30. The van der Waals surface area contributed by atoms with Crippen molar-refractivity contribution in [3.63, 3.8) is 0 Å². The topological polar surface area (TPSA) is 12.0 Å². The molecule has 0 unspecified atom stereocenters. The third-order valence-electron chi connectivity index (χ3n) is 2.35. The normalized spacial score (nSPS) is 18.6. The minimum Gasteiger partial charge on any atom is -0.383 e. The maximum Gasteiger partial charge on any atom is 0.128 e. The van der Waals surface area contributed by atoms with Gasteiger partial charge in [0, 0.05) is 16.2 Å². The molecule has 76 valence electrons. The van der Waals surface area contributed by atoms with Crippen molar-refractivity contribution in [1.29, 1.82) is 0 Å². The van der Waals surface area contributed by atoms with E-state index in [1.165, 1.54) is 0 Å². The molecule has 1 N–H and O–H groups in total. The maximum atomic E-state index is 13.2. The highest BCUT2D eigenvalue weighted by Gasteiger charge is 2.26. The summed E-state index contributed by atoms with van der Waals surface area (Å²) in [6, 6.07) is 3.51. The first-order valence-corrected chi connectivity index (χ1v) is 5.53. The Morgan fingerprint density at radius 3 is 2.86 bits per heavy atom. The molecule has 1 aromatic carbocycles. The molecule has 0 bridgehead atoms. The van der Waals surface area contributed by atoms with E-state index in [1.807, 2.05) is 17.8 Å². The van der Waals surface area contributed by atoms with E-state index in [-0.39, 0.29) is 10.6 Å². The van der Waals surface area contributed by atoms with E-state index in [2.05, 4.69) is 19.2 Å². The average Bonchev–Trinajstić information content (AvgIpc) is 2.07. The molecular formula is C11H14FNS. The maximum absolute atomic E-state index is 13.2. The number of aryl methyl sites for hydroxylation is 1. The zero-order valence-corrected chi connectivity index (χ0v) is 9.46. The highest BCUT2D eigenvalue weighted by atomic mass is 32.2. The molecule has 0 fully saturated rings. The van der Waals surface area contributed by atoms with Crippen molar-refractivity contribution >= 4 is 17.4 Å². The zero-order chi connectivity index (χ0) is 10.3. The highest BCUT2D eigenvalue weighted by molar-refractivity contribution is 8.00. The van der Waals surface area contributed by atoms with Crippen molar-refractivity contribution in [3.05, 3.63) is 23.5 Å². The van der Waals surface area contributed by atoms with Crippen LogP contribution in [0.1, 0.15) is 19.4 Å². The summed E-state index contributed by atoms with van der Waals surface area (Å²) in [5, 5.41) is 3.26. The largest absolute Gasteiger partial charge is 0.383 e. The number of nitrogens with one attached hydrogen (secondary N) is 1. The van der Waals surface area contributed by atoms with Crippen molar-refractivity contribution < 1.29 is 4.39 Å². The van der Waals surface area contributed by atoms with Gasteiger partial charge in [-0.2, -0.15) is 0 Å². The quantitative estimate of drug-likeness (QED) is 0.705. The molecular weight excluding hydrogens is 197 g/mol. The second-order valence-corrected chi connectivity index (χ2v) is 6.06. The van der Waals surface area contributed by atoms with E-state index in [1.54, 1.807) is 13.0 Å². The van der Waals surface area contributed by atoms with Gasteiger partial charge in [-0.1, -0.05) is 0 Å². The van der Waals surface area contributed by atoms with E-state index >= 15 is 0 Å². The van der Waals surface area contributed by atoms with Gasteiger partial charge in [-0.25, -0.2) is 4.39 Å². The summed E-state index contributed by atoms with van der Waals surface area (Å²) in [7, 11) is 0. The third kappa shape index (κ3) is 1.73. The molecule has 0 amide bonds. The minimum atomic E-state index is -0.128. The fourth-order valence-corrected chi connectivity index (χ4v) is 2.74. The van der Waals surface area contributed by atoms with Gasteiger partial charge in [0.05, 0.1) is 5.69 Å². The van der Waals surface area contributed by atoms with Crippen molar-refractivity contribution in [3.8, 4) is 0 Å². The summed E-state index contributed by atoms with van der Waals surface area (Å²) in [4.78, 5) is 1.15. The van der Waals surface area contributed by atoms with Gasteiger partial charge in [0.15, 0.2) is 0 Å². The summed E-state index contributed by atoms with van der Waals surface area (Å²) >= 11 is 1.81. The second kappa shape index (κ2) is 3.16. The Kier molecular flexibility index (Phi) is 2.22. The predicted octanol–water partition coefficient (Wildman–Crippen LogP) is 3.43. The SMILES string of the molecule is Cc1cc2c(cc1F)NCC(C)(C)S2. The molecule has 1 aliphatic rings. The van der Waals surface area contributed by atoms with Gasteiger partial charge in [0.25, 0.3) is 0 Å². The number of anilines is 1. The van der Waals surface area contributed by atoms with Crippen molar-refractivity contribution in [2.75, 3.05) is 11.9 Å². The Labute approximate surface area is 88.1 Å². The lowest BCUT2D eigenvalue weighted by molar-refractivity contribution is 0.616. The summed E-state index contributed by atoms with van der Waals surface area (Å²) in [6.45, 7) is 7.06. The van der Waals surface area contributed by atoms with Gasteiger partial charge in [-0.15, -0.1) is 11.8 Å². The van der Waals surface area contributed by atoms with E-state index < -0.39 is 0 Å². The van der Waals surface area contributed by atoms with Crippen LogP contribution in [0.3, 0.4) is 0 Å². The van der Waals surface area contributed by atoms with Gasteiger partial charge in [0.1, 0.15) is 5.82 Å². The predicted molar refractivity (Wildman–Crippen MR) is 59.6 cm³/mol. The van der Waals surface area contributed by atoms with Gasteiger partial charge in [-0.3, -0.25) is 0 Å². The molecule has 14 heavy (non-hydrogen) atoms. The van der Waals surface area contributed by atoms with Crippen molar-refractivity contribution in [1.82, 2.24) is 0 Å². The standard InChI is InChI=1S/C11H14FNS/c1-7-4-10-9(5-8(7)12)13-6-11(2,3)14-10/h4-5,13H,6H2,1-3H3. The lowest BCUT2D eigenvalue weighted by atomic mass is 10.1. The van der Waals surface area contributed by atoms with Gasteiger partial charge in [0.2, 0.25) is 0 Å². The van der Waals surface area contributed by atoms with Crippen LogP contribution in [0.4, 0.5) is 10.1 Å². The Morgan fingerprint density at radius 1 is 1.43 bits per heavy atom. The van der Waals surface area contributed by atoms with Gasteiger partial charge < -0.3 is 5.32 Å². The van der Waals surface area contributed by atoms with E-state index in [0.717, 1.165) is 22.7 Å². The molecule has 1 aromatic rings. The summed E-state index contributed by atoms with van der Waals surface area (Å²) in [6.07, 6.45) is 0. The molecule has 0 spiro atoms. The smallest absolute Gasteiger partial charge is 0.128 e. The van der Waals surface area contributed by atoms with E-state index in [9.17, 15) is 4.39 Å². The molecule has 2 rings (SSSR count). The monoisotopic (exact) mass is 211 g/mol. The number of hydrogen-bond donors (Lipinski definition) is 1. The first-order valence-electron chi connectivity index (χ1n) is 4.71. The fraction of sp³-hybridized carbons (Fsp3) is 0.455. The lowest BCUT2D eigenvalue weighted by Gasteiger charge is -2.31. The second-order valence-electron chi connectivity index (χ2n) is 4.31. The number of benzene rings is 1. The number of thioether (sulfide) groups is 1. The molecule has 0 aliphatic carbocycles. The minimum absolute atomic E-state index is 0.128. The van der Waals surface area contributed by atoms with Crippen LogP contribution in [0.5, 0.6) is 0 Å². The Balaban J connectivity index is 2.43. The molecule has 1 heterocycles. The van der Waals surface area contributed by atoms with Crippen LogP contribution in [-0.4, -0.2) is 11.3 Å².